The Morgan fingerprint density at radius 3 is 2.25 bits per heavy atom. The summed E-state index contributed by atoms with van der Waals surface area (Å²) in [6.07, 6.45) is -2.22. The number of benzene rings is 1. The van der Waals surface area contributed by atoms with Crippen LogP contribution in [-0.2, 0) is 9.59 Å². The molecule has 0 amide bonds. The molecule has 0 saturated heterocycles. The Labute approximate surface area is 90.3 Å². The van der Waals surface area contributed by atoms with Gasteiger partial charge in [0.2, 0.25) is 5.78 Å². The predicted octanol–water partition coefficient (Wildman–Crippen LogP) is -0.534. The van der Waals surface area contributed by atoms with Gasteiger partial charge in [0.15, 0.2) is 6.10 Å². The Hall–Kier alpha value is -2.21. The number of Topliss-reactive ketones (excluding diaryl/α,β-unsaturated/α-hetero) is 2. The summed E-state index contributed by atoms with van der Waals surface area (Å²) in [6, 6.07) is 5.76. The summed E-state index contributed by atoms with van der Waals surface area (Å²) in [5.74, 6) is -4.46. The Kier molecular flexibility index (Phi) is 3.37. The molecule has 1 aromatic carbocycles. The molecule has 0 saturated carbocycles. The minimum atomic E-state index is -2.22. The zero-order valence-electron chi connectivity index (χ0n) is 8.08. The van der Waals surface area contributed by atoms with Crippen LogP contribution in [0.15, 0.2) is 24.3 Å². The van der Waals surface area contributed by atoms with E-state index in [2.05, 4.69) is 0 Å². The summed E-state index contributed by atoms with van der Waals surface area (Å²) >= 11 is 0. The molecule has 1 aromatic rings. The van der Waals surface area contributed by atoms with Crippen molar-refractivity contribution in [2.24, 2.45) is 0 Å². The molecular weight excluding hydrogens is 214 g/mol. The number of ketones is 2. The van der Waals surface area contributed by atoms with Crippen LogP contribution >= 0.6 is 0 Å². The lowest BCUT2D eigenvalue weighted by Gasteiger charge is -2.07. The van der Waals surface area contributed by atoms with Crippen molar-refractivity contribution in [3.63, 3.8) is 0 Å². The van der Waals surface area contributed by atoms with Crippen LogP contribution in [0.3, 0.4) is 0 Å². The first-order valence-corrected chi connectivity index (χ1v) is 4.29. The van der Waals surface area contributed by atoms with Crippen molar-refractivity contribution < 1.29 is 24.6 Å². The lowest BCUT2D eigenvalue weighted by molar-refractivity contribution is -0.152. The maximum Gasteiger partial charge on any atom is 0.375 e. The van der Waals surface area contributed by atoms with Gasteiger partial charge in [0.1, 0.15) is 0 Å². The molecule has 16 heavy (non-hydrogen) atoms. The highest BCUT2D eigenvalue weighted by Crippen LogP contribution is 2.13. The molecule has 0 spiro atoms. The van der Waals surface area contributed by atoms with E-state index in [-0.39, 0.29) is 11.3 Å². The van der Waals surface area contributed by atoms with E-state index in [0.29, 0.717) is 0 Å². The van der Waals surface area contributed by atoms with E-state index in [9.17, 15) is 19.5 Å². The van der Waals surface area contributed by atoms with Crippen LogP contribution in [0.1, 0.15) is 10.4 Å². The molecule has 0 heterocycles. The molecule has 0 aliphatic carbocycles. The third-order valence-electron chi connectivity index (χ3n) is 1.93. The van der Waals surface area contributed by atoms with Gasteiger partial charge in [0, 0.05) is 11.3 Å². The van der Waals surface area contributed by atoms with Gasteiger partial charge in [-0.15, -0.1) is 0 Å². The molecule has 0 aromatic heterocycles. The molecule has 1 rings (SSSR count). The first-order chi connectivity index (χ1) is 7.45. The Morgan fingerprint density at radius 1 is 1.19 bits per heavy atom. The number of para-hydroxylation sites is 1. The first-order valence-electron chi connectivity index (χ1n) is 4.29. The molecule has 4 N–H and O–H groups in total. The maximum absolute atomic E-state index is 11.5. The zero-order valence-corrected chi connectivity index (χ0v) is 8.08. The summed E-state index contributed by atoms with van der Waals surface area (Å²) in [5, 5.41) is 17.5. The molecule has 6 nitrogen and oxygen atoms in total. The highest BCUT2D eigenvalue weighted by Gasteiger charge is 2.30. The number of anilines is 1. The van der Waals surface area contributed by atoms with Crippen LogP contribution in [0, 0.1) is 0 Å². The van der Waals surface area contributed by atoms with Crippen LogP contribution in [0.2, 0.25) is 0 Å². The molecule has 0 radical (unpaired) electrons. The lowest BCUT2D eigenvalue weighted by atomic mass is 10.0. The number of aliphatic carboxylic acids is 1. The van der Waals surface area contributed by atoms with Crippen molar-refractivity contribution in [2.45, 2.75) is 6.10 Å². The average Bonchev–Trinajstić information content (AvgIpc) is 2.26. The fourth-order valence-electron chi connectivity index (χ4n) is 1.10. The quantitative estimate of drug-likeness (QED) is 0.273. The molecule has 84 valence electrons. The third-order valence-corrected chi connectivity index (χ3v) is 1.93. The fourth-order valence-corrected chi connectivity index (χ4v) is 1.10. The van der Waals surface area contributed by atoms with Crippen LogP contribution in [-0.4, -0.2) is 33.9 Å². The lowest BCUT2D eigenvalue weighted by Crippen LogP contribution is -2.35. The Balaban J connectivity index is 3.00. The topological polar surface area (TPSA) is 118 Å². The second-order valence-corrected chi connectivity index (χ2v) is 3.02. The highest BCUT2D eigenvalue weighted by molar-refractivity contribution is 6.40. The van der Waals surface area contributed by atoms with Gasteiger partial charge in [-0.2, -0.15) is 0 Å². The molecule has 0 aliphatic heterocycles. The number of carbonyl (C=O) groups is 3. The fraction of sp³-hybridized carbons (Fsp3) is 0.100. The van der Waals surface area contributed by atoms with E-state index in [4.69, 9.17) is 10.8 Å². The van der Waals surface area contributed by atoms with Crippen LogP contribution in [0.4, 0.5) is 5.69 Å². The SMILES string of the molecule is Nc1ccccc1C(=O)[C@@H](O)C(=O)C(=O)O. The number of aliphatic hydroxyl groups excluding tert-OH is 1. The predicted molar refractivity (Wildman–Crippen MR) is 53.8 cm³/mol. The normalized spacial score (nSPS) is 11.8. The number of carboxylic acids is 1. The van der Waals surface area contributed by atoms with Crippen LogP contribution in [0.5, 0.6) is 0 Å². The number of carboxylic acid groups (broad SMARTS) is 1. The van der Waals surface area contributed by atoms with E-state index in [1.807, 2.05) is 0 Å². The Bertz CT molecular complexity index is 454. The minimum Gasteiger partial charge on any atom is -0.475 e. The van der Waals surface area contributed by atoms with Gasteiger partial charge < -0.3 is 15.9 Å². The smallest absolute Gasteiger partial charge is 0.375 e. The van der Waals surface area contributed by atoms with Gasteiger partial charge in [-0.3, -0.25) is 9.59 Å². The second-order valence-electron chi connectivity index (χ2n) is 3.02. The average molecular weight is 223 g/mol. The molecule has 1 atom stereocenters. The first kappa shape index (κ1) is 11.9. The van der Waals surface area contributed by atoms with Crippen molar-refractivity contribution in [3.05, 3.63) is 29.8 Å². The van der Waals surface area contributed by atoms with Crippen molar-refractivity contribution in [1.29, 1.82) is 0 Å². The van der Waals surface area contributed by atoms with Gasteiger partial charge in [0.25, 0.3) is 5.78 Å². The van der Waals surface area contributed by atoms with Gasteiger partial charge in [-0.05, 0) is 12.1 Å². The summed E-state index contributed by atoms with van der Waals surface area (Å²) < 4.78 is 0. The number of carbonyl (C=O) groups excluding carboxylic acids is 2. The summed E-state index contributed by atoms with van der Waals surface area (Å²) in [7, 11) is 0. The monoisotopic (exact) mass is 223 g/mol. The van der Waals surface area contributed by atoms with Gasteiger partial charge in [-0.25, -0.2) is 4.79 Å². The van der Waals surface area contributed by atoms with E-state index < -0.39 is 23.6 Å². The number of nitrogen functional groups attached to an aromatic ring is 1. The highest BCUT2D eigenvalue weighted by atomic mass is 16.4. The number of nitrogens with two attached hydrogens (primary N) is 1. The van der Waals surface area contributed by atoms with Gasteiger partial charge in [0.05, 0.1) is 0 Å². The molecule has 0 unspecified atom stereocenters. The zero-order chi connectivity index (χ0) is 12.3. The molecular formula is C10H9NO5. The third kappa shape index (κ3) is 2.23. The van der Waals surface area contributed by atoms with Gasteiger partial charge >= 0.3 is 5.97 Å². The molecule has 0 fully saturated rings. The van der Waals surface area contributed by atoms with E-state index >= 15 is 0 Å². The maximum atomic E-state index is 11.5. The van der Waals surface area contributed by atoms with Crippen molar-refractivity contribution in [1.82, 2.24) is 0 Å². The van der Waals surface area contributed by atoms with Gasteiger partial charge in [-0.1, -0.05) is 12.1 Å². The summed E-state index contributed by atoms with van der Waals surface area (Å²) in [5.41, 5.74) is 5.44. The standard InChI is InChI=1S/C10H9NO5/c11-6-4-2-1-3-5(6)7(12)8(13)9(14)10(15)16/h1-4,8,13H,11H2,(H,15,16)/t8-/m1/s1. The largest absolute Gasteiger partial charge is 0.475 e. The number of hydrogen-bond donors (Lipinski definition) is 3. The second kappa shape index (κ2) is 4.54. The van der Waals surface area contributed by atoms with Crippen LogP contribution < -0.4 is 5.73 Å². The summed E-state index contributed by atoms with van der Waals surface area (Å²) in [6.45, 7) is 0. The van der Waals surface area contributed by atoms with Crippen molar-refractivity contribution in [3.8, 4) is 0 Å². The van der Waals surface area contributed by atoms with E-state index in [0.717, 1.165) is 0 Å². The minimum absolute atomic E-state index is 0.0738. The number of rotatable bonds is 4. The molecule has 0 bridgehead atoms. The summed E-state index contributed by atoms with van der Waals surface area (Å²) in [4.78, 5) is 32.6. The van der Waals surface area contributed by atoms with E-state index in [1.165, 1.54) is 18.2 Å². The van der Waals surface area contributed by atoms with Crippen molar-refractivity contribution in [2.75, 3.05) is 5.73 Å². The molecule has 0 aliphatic rings. The number of hydrogen-bond acceptors (Lipinski definition) is 5. The van der Waals surface area contributed by atoms with Crippen LogP contribution in [0.25, 0.3) is 0 Å². The van der Waals surface area contributed by atoms with Crippen molar-refractivity contribution >= 4 is 23.2 Å². The van der Waals surface area contributed by atoms with E-state index in [1.54, 1.807) is 6.07 Å². The number of aliphatic hydroxyl groups is 1. The molecule has 6 heteroatoms. The Morgan fingerprint density at radius 2 is 1.75 bits per heavy atom.